The van der Waals surface area contributed by atoms with Crippen LogP contribution in [0.25, 0.3) is 16.9 Å². The highest BCUT2D eigenvalue weighted by Crippen LogP contribution is 2.21. The van der Waals surface area contributed by atoms with Gasteiger partial charge in [0.15, 0.2) is 6.23 Å². The van der Waals surface area contributed by atoms with Crippen LogP contribution in [0.3, 0.4) is 0 Å². The summed E-state index contributed by atoms with van der Waals surface area (Å²) in [4.78, 5) is 45.9. The van der Waals surface area contributed by atoms with Crippen LogP contribution in [-0.2, 0) is 21.0 Å². The van der Waals surface area contributed by atoms with Crippen molar-refractivity contribution in [2.75, 3.05) is 5.32 Å². The number of unbranched alkanes of at least 4 members (excludes halogenated alkanes) is 1. The molecule has 3 aromatic heterocycles. The Morgan fingerprint density at radius 1 is 1.15 bits per heavy atom. The van der Waals surface area contributed by atoms with Crippen molar-refractivity contribution >= 4 is 29.1 Å². The van der Waals surface area contributed by atoms with Gasteiger partial charge in [0.2, 0.25) is 0 Å². The number of rotatable bonds is 9. The maximum absolute atomic E-state index is 12.9. The van der Waals surface area contributed by atoms with Gasteiger partial charge in [-0.15, -0.1) is 10.2 Å². The summed E-state index contributed by atoms with van der Waals surface area (Å²) >= 11 is 0. The number of hydrogen-bond donors (Lipinski definition) is 2. The number of amides is 2. The van der Waals surface area contributed by atoms with E-state index in [4.69, 9.17) is 4.84 Å². The second kappa shape index (κ2) is 11.0. The Morgan fingerprint density at radius 2 is 1.95 bits per heavy atom. The molecule has 0 bridgehead atoms. The smallest absolute Gasteiger partial charge is 0.332 e. The Bertz CT molecular complexity index is 1530. The number of aliphatic hydroxyl groups is 1. The van der Waals surface area contributed by atoms with Crippen LogP contribution in [0.1, 0.15) is 53.8 Å². The Hall–Kier alpha value is -4.58. The fourth-order valence-corrected chi connectivity index (χ4v) is 4.49. The molecule has 1 fully saturated rings. The van der Waals surface area contributed by atoms with E-state index < -0.39 is 18.1 Å². The molecule has 2 N–H and O–H groups in total. The molecule has 1 aromatic carbocycles. The molecule has 1 saturated heterocycles. The number of nitrogens with one attached hydrogen (secondary N) is 1. The summed E-state index contributed by atoms with van der Waals surface area (Å²) in [6.45, 7) is 4.43. The number of aromatic nitrogens is 5. The lowest BCUT2D eigenvalue weighted by molar-refractivity contribution is -0.220. The van der Waals surface area contributed by atoms with E-state index in [0.717, 1.165) is 22.0 Å². The van der Waals surface area contributed by atoms with Crippen molar-refractivity contribution in [2.45, 2.75) is 58.7 Å². The number of carbonyl (C=O) groups is 3. The summed E-state index contributed by atoms with van der Waals surface area (Å²) in [5, 5.41) is 21.7. The predicted molar refractivity (Wildman–Crippen MR) is 140 cm³/mol. The van der Waals surface area contributed by atoms with Gasteiger partial charge in [-0.2, -0.15) is 0 Å². The number of aryl methyl sites for hydroxylation is 3. The summed E-state index contributed by atoms with van der Waals surface area (Å²) in [5.74, 6) is -1.18. The zero-order chi connectivity index (χ0) is 27.5. The van der Waals surface area contributed by atoms with Crippen LogP contribution >= 0.6 is 0 Å². The molecule has 39 heavy (non-hydrogen) atoms. The van der Waals surface area contributed by atoms with E-state index >= 15 is 0 Å². The molecule has 0 saturated carbocycles. The Balaban J connectivity index is 1.12. The average Bonchev–Trinajstić information content (AvgIpc) is 3.63. The van der Waals surface area contributed by atoms with Gasteiger partial charge in [-0.1, -0.05) is 17.3 Å². The minimum atomic E-state index is -1.06. The van der Waals surface area contributed by atoms with Crippen LogP contribution in [0.2, 0.25) is 0 Å². The summed E-state index contributed by atoms with van der Waals surface area (Å²) < 4.78 is 3.58. The molecule has 5 rings (SSSR count). The zero-order valence-corrected chi connectivity index (χ0v) is 21.7. The predicted octanol–water partition coefficient (Wildman–Crippen LogP) is 3.03. The van der Waals surface area contributed by atoms with Gasteiger partial charge < -0.3 is 19.7 Å². The van der Waals surface area contributed by atoms with Gasteiger partial charge in [-0.25, -0.2) is 9.78 Å². The van der Waals surface area contributed by atoms with Gasteiger partial charge in [0.1, 0.15) is 11.3 Å². The fraction of sp³-hybridized carbons (Fsp3) is 0.333. The minimum Gasteiger partial charge on any atom is -0.370 e. The largest absolute Gasteiger partial charge is 0.370 e. The van der Waals surface area contributed by atoms with Gasteiger partial charge in [-0.05, 0) is 51.0 Å². The Labute approximate surface area is 224 Å². The highest BCUT2D eigenvalue weighted by atomic mass is 16.7. The first-order valence-corrected chi connectivity index (χ1v) is 12.8. The molecular formula is C27H29N7O5. The SMILES string of the molecule is Cc1cc(C)n2ccc(C(=O)Nc3ccc(-c4cn(CCCCC(=O)ON5C(=O)CCC5O)nn4)cc3)c2n1. The zero-order valence-electron chi connectivity index (χ0n) is 21.7. The molecule has 202 valence electrons. The van der Waals surface area contributed by atoms with Crippen molar-refractivity contribution in [1.29, 1.82) is 0 Å². The number of fused-ring (bicyclic) bond motifs is 1. The van der Waals surface area contributed by atoms with Crippen molar-refractivity contribution in [3.8, 4) is 11.3 Å². The first-order valence-electron chi connectivity index (χ1n) is 12.8. The lowest BCUT2D eigenvalue weighted by atomic mass is 10.1. The molecule has 1 aliphatic heterocycles. The van der Waals surface area contributed by atoms with E-state index in [1.807, 2.05) is 61.0 Å². The van der Waals surface area contributed by atoms with Gasteiger partial charge in [0, 0.05) is 54.6 Å². The molecule has 0 aliphatic carbocycles. The molecular weight excluding hydrogens is 502 g/mol. The van der Waals surface area contributed by atoms with Crippen LogP contribution in [-0.4, -0.2) is 58.6 Å². The monoisotopic (exact) mass is 531 g/mol. The molecule has 12 nitrogen and oxygen atoms in total. The maximum Gasteiger partial charge on any atom is 0.332 e. The van der Waals surface area contributed by atoms with Gasteiger partial charge in [-0.3, -0.25) is 14.3 Å². The molecule has 1 unspecified atom stereocenters. The summed E-state index contributed by atoms with van der Waals surface area (Å²) in [7, 11) is 0. The average molecular weight is 532 g/mol. The molecule has 4 aromatic rings. The number of anilines is 1. The summed E-state index contributed by atoms with van der Waals surface area (Å²) in [6, 6.07) is 11.1. The van der Waals surface area contributed by atoms with E-state index in [1.54, 1.807) is 10.7 Å². The van der Waals surface area contributed by atoms with Gasteiger partial charge in [0.25, 0.3) is 11.8 Å². The van der Waals surface area contributed by atoms with Crippen molar-refractivity contribution in [2.24, 2.45) is 0 Å². The standard InChI is InChI=1S/C27H29N7O5/c1-17-15-18(2)33-14-12-21(26(33)28-17)27(38)29-20-8-6-19(7-9-20)22-16-32(31-30-22)13-4-3-5-25(37)39-34-23(35)10-11-24(34)36/h6-9,12,14-16,23,35H,3-5,10-11,13H2,1-2H3,(H,29,38). The lowest BCUT2D eigenvalue weighted by Gasteiger charge is -2.18. The summed E-state index contributed by atoms with van der Waals surface area (Å²) in [6.07, 6.45) is 4.34. The number of hydroxylamine groups is 2. The van der Waals surface area contributed by atoms with Crippen LogP contribution in [0, 0.1) is 13.8 Å². The number of benzene rings is 1. The topological polar surface area (TPSA) is 144 Å². The highest BCUT2D eigenvalue weighted by molar-refractivity contribution is 6.08. The maximum atomic E-state index is 12.9. The van der Waals surface area contributed by atoms with Gasteiger partial charge in [0.05, 0.1) is 11.8 Å². The van der Waals surface area contributed by atoms with Crippen molar-refractivity contribution < 1.29 is 24.3 Å². The quantitative estimate of drug-likeness (QED) is 0.314. The van der Waals surface area contributed by atoms with E-state index in [2.05, 4.69) is 20.6 Å². The van der Waals surface area contributed by atoms with E-state index in [-0.39, 0.29) is 25.2 Å². The number of aliphatic hydroxyl groups excluding tert-OH is 1. The minimum absolute atomic E-state index is 0.125. The molecule has 4 heterocycles. The first-order chi connectivity index (χ1) is 18.8. The van der Waals surface area contributed by atoms with Crippen molar-refractivity contribution in [3.63, 3.8) is 0 Å². The second-order valence-electron chi connectivity index (χ2n) is 9.52. The summed E-state index contributed by atoms with van der Waals surface area (Å²) in [5.41, 5.74) is 5.16. The van der Waals surface area contributed by atoms with E-state index in [9.17, 15) is 19.5 Å². The number of hydrogen-bond acceptors (Lipinski definition) is 8. The van der Waals surface area contributed by atoms with Crippen LogP contribution in [0.4, 0.5) is 5.69 Å². The fourth-order valence-electron chi connectivity index (χ4n) is 4.49. The van der Waals surface area contributed by atoms with E-state index in [0.29, 0.717) is 42.0 Å². The normalized spacial score (nSPS) is 15.2. The lowest BCUT2D eigenvalue weighted by Crippen LogP contribution is -2.35. The van der Waals surface area contributed by atoms with Gasteiger partial charge >= 0.3 is 5.97 Å². The molecule has 1 atom stereocenters. The molecule has 12 heteroatoms. The third-order valence-electron chi connectivity index (χ3n) is 6.51. The molecule has 0 spiro atoms. The van der Waals surface area contributed by atoms with Crippen LogP contribution in [0.15, 0.2) is 48.8 Å². The highest BCUT2D eigenvalue weighted by Gasteiger charge is 2.32. The van der Waals surface area contributed by atoms with Crippen molar-refractivity contribution in [1.82, 2.24) is 29.4 Å². The van der Waals surface area contributed by atoms with Crippen molar-refractivity contribution in [3.05, 3.63) is 65.7 Å². The third kappa shape index (κ3) is 5.80. The molecule has 0 radical (unpaired) electrons. The molecule has 2 amide bonds. The first kappa shape index (κ1) is 26.0. The Kier molecular flexibility index (Phi) is 7.37. The molecule has 1 aliphatic rings. The van der Waals surface area contributed by atoms with Crippen LogP contribution in [0.5, 0.6) is 0 Å². The number of carbonyl (C=O) groups excluding carboxylic acids is 3. The van der Waals surface area contributed by atoms with Crippen LogP contribution < -0.4 is 5.32 Å². The Morgan fingerprint density at radius 3 is 2.69 bits per heavy atom. The van der Waals surface area contributed by atoms with E-state index in [1.165, 1.54) is 0 Å². The number of nitrogens with zero attached hydrogens (tertiary/aromatic N) is 6. The second-order valence-corrected chi connectivity index (χ2v) is 9.52. The third-order valence-corrected chi connectivity index (χ3v) is 6.51.